The van der Waals surface area contributed by atoms with Gasteiger partial charge in [0.05, 0.1) is 11.3 Å². The Morgan fingerprint density at radius 3 is 3.07 bits per heavy atom. The van der Waals surface area contributed by atoms with Crippen LogP contribution in [0, 0.1) is 17.2 Å². The molecule has 0 atom stereocenters. The van der Waals surface area contributed by atoms with Crippen molar-refractivity contribution in [2.24, 2.45) is 5.92 Å². The first-order valence-corrected chi connectivity index (χ1v) is 4.69. The van der Waals surface area contributed by atoms with Gasteiger partial charge in [-0.05, 0) is 18.8 Å². The van der Waals surface area contributed by atoms with Gasteiger partial charge in [-0.25, -0.2) is 4.98 Å². The van der Waals surface area contributed by atoms with Crippen molar-refractivity contribution < 1.29 is 0 Å². The standard InChI is InChI=1S/C10H12N4/c11-4-8-6-14-10(12)3-9(8)13-5-7-1-2-7/h3,6-7H,1-2,5H2,(H3,12,13,14). The predicted octanol–water partition coefficient (Wildman–Crippen LogP) is 1.36. The minimum atomic E-state index is 0.447. The fourth-order valence-corrected chi connectivity index (χ4v) is 1.28. The summed E-state index contributed by atoms with van der Waals surface area (Å²) in [6.45, 7) is 0.929. The van der Waals surface area contributed by atoms with Crippen LogP contribution in [0.5, 0.6) is 0 Å². The van der Waals surface area contributed by atoms with Gasteiger partial charge in [0.1, 0.15) is 11.9 Å². The lowest BCUT2D eigenvalue weighted by Gasteiger charge is -2.07. The van der Waals surface area contributed by atoms with Gasteiger partial charge in [0, 0.05) is 18.8 Å². The summed E-state index contributed by atoms with van der Waals surface area (Å²) in [5.74, 6) is 1.22. The topological polar surface area (TPSA) is 74.7 Å². The Morgan fingerprint density at radius 1 is 1.64 bits per heavy atom. The molecule has 0 saturated heterocycles. The van der Waals surface area contributed by atoms with Crippen molar-refractivity contribution in [3.8, 4) is 6.07 Å². The first-order valence-electron chi connectivity index (χ1n) is 4.69. The van der Waals surface area contributed by atoms with Gasteiger partial charge < -0.3 is 11.1 Å². The molecule has 1 heterocycles. The van der Waals surface area contributed by atoms with E-state index >= 15 is 0 Å². The third-order valence-corrected chi connectivity index (χ3v) is 2.32. The molecule has 0 amide bonds. The molecule has 4 nitrogen and oxygen atoms in total. The van der Waals surface area contributed by atoms with Crippen molar-refractivity contribution in [1.82, 2.24) is 4.98 Å². The SMILES string of the molecule is N#Cc1cnc(N)cc1NCC1CC1. The second kappa shape index (κ2) is 3.54. The normalized spacial score (nSPS) is 14.8. The summed E-state index contributed by atoms with van der Waals surface area (Å²) < 4.78 is 0. The van der Waals surface area contributed by atoms with Gasteiger partial charge in [0.25, 0.3) is 0 Å². The van der Waals surface area contributed by atoms with Crippen LogP contribution in [0.3, 0.4) is 0 Å². The molecule has 0 bridgehead atoms. The molecule has 2 rings (SSSR count). The van der Waals surface area contributed by atoms with Crippen molar-refractivity contribution in [2.45, 2.75) is 12.8 Å². The van der Waals surface area contributed by atoms with E-state index in [9.17, 15) is 0 Å². The number of nitriles is 1. The molecule has 0 unspecified atom stereocenters. The summed E-state index contributed by atoms with van der Waals surface area (Å²) in [5, 5.41) is 12.0. The van der Waals surface area contributed by atoms with Crippen LogP contribution in [0.2, 0.25) is 0 Å². The highest BCUT2D eigenvalue weighted by Crippen LogP contribution is 2.29. The van der Waals surface area contributed by atoms with E-state index in [1.165, 1.54) is 19.0 Å². The Labute approximate surface area is 82.8 Å². The largest absolute Gasteiger partial charge is 0.384 e. The summed E-state index contributed by atoms with van der Waals surface area (Å²) in [7, 11) is 0. The molecule has 1 saturated carbocycles. The van der Waals surface area contributed by atoms with E-state index in [0.29, 0.717) is 11.4 Å². The van der Waals surface area contributed by atoms with Crippen LogP contribution in [0.1, 0.15) is 18.4 Å². The summed E-state index contributed by atoms with van der Waals surface area (Å²) in [6, 6.07) is 3.80. The Kier molecular flexibility index (Phi) is 2.23. The molecule has 0 aromatic carbocycles. The van der Waals surface area contributed by atoms with Crippen LogP contribution < -0.4 is 11.1 Å². The molecular weight excluding hydrogens is 176 g/mol. The highest BCUT2D eigenvalue weighted by atomic mass is 14.9. The predicted molar refractivity (Wildman–Crippen MR) is 54.6 cm³/mol. The number of anilines is 2. The maximum Gasteiger partial charge on any atom is 0.125 e. The number of nitrogen functional groups attached to an aromatic ring is 1. The number of nitrogens with one attached hydrogen (secondary N) is 1. The molecule has 4 heteroatoms. The summed E-state index contributed by atoms with van der Waals surface area (Å²) in [5.41, 5.74) is 6.90. The van der Waals surface area contributed by atoms with Crippen LogP contribution in [-0.4, -0.2) is 11.5 Å². The zero-order valence-electron chi connectivity index (χ0n) is 7.83. The van der Waals surface area contributed by atoms with Crippen LogP contribution >= 0.6 is 0 Å². The number of rotatable bonds is 3. The van der Waals surface area contributed by atoms with Gasteiger partial charge >= 0.3 is 0 Å². The molecule has 72 valence electrons. The quantitative estimate of drug-likeness (QED) is 0.751. The molecule has 1 aromatic heterocycles. The molecule has 0 aliphatic heterocycles. The Morgan fingerprint density at radius 2 is 2.43 bits per heavy atom. The molecule has 3 N–H and O–H groups in total. The zero-order chi connectivity index (χ0) is 9.97. The number of hydrogen-bond acceptors (Lipinski definition) is 4. The number of pyridine rings is 1. The highest BCUT2D eigenvalue weighted by molar-refractivity contribution is 5.60. The minimum Gasteiger partial charge on any atom is -0.384 e. The second-order valence-corrected chi connectivity index (χ2v) is 3.59. The van der Waals surface area contributed by atoms with Gasteiger partial charge in [-0.2, -0.15) is 5.26 Å². The minimum absolute atomic E-state index is 0.447. The average Bonchev–Trinajstić information content (AvgIpc) is 2.98. The van der Waals surface area contributed by atoms with Crippen LogP contribution in [0.15, 0.2) is 12.3 Å². The average molecular weight is 188 g/mol. The maximum absolute atomic E-state index is 8.82. The van der Waals surface area contributed by atoms with Crippen LogP contribution in [0.4, 0.5) is 11.5 Å². The van der Waals surface area contributed by atoms with Crippen molar-refractivity contribution in [3.05, 3.63) is 17.8 Å². The fourth-order valence-electron chi connectivity index (χ4n) is 1.28. The van der Waals surface area contributed by atoms with E-state index < -0.39 is 0 Å². The molecule has 0 radical (unpaired) electrons. The summed E-state index contributed by atoms with van der Waals surface area (Å²) in [6.07, 6.45) is 4.08. The zero-order valence-corrected chi connectivity index (χ0v) is 7.83. The first kappa shape index (κ1) is 8.82. The van der Waals surface area contributed by atoms with Crippen molar-refractivity contribution in [2.75, 3.05) is 17.6 Å². The monoisotopic (exact) mass is 188 g/mol. The number of hydrogen-bond donors (Lipinski definition) is 2. The third-order valence-electron chi connectivity index (χ3n) is 2.32. The molecule has 0 spiro atoms. The van der Waals surface area contributed by atoms with E-state index in [-0.39, 0.29) is 0 Å². The van der Waals surface area contributed by atoms with Crippen LogP contribution in [0.25, 0.3) is 0 Å². The van der Waals surface area contributed by atoms with Crippen LogP contribution in [-0.2, 0) is 0 Å². The van der Waals surface area contributed by atoms with E-state index in [4.69, 9.17) is 11.0 Å². The fraction of sp³-hybridized carbons (Fsp3) is 0.400. The van der Waals surface area contributed by atoms with E-state index in [0.717, 1.165) is 18.2 Å². The van der Waals surface area contributed by atoms with E-state index in [1.807, 2.05) is 0 Å². The second-order valence-electron chi connectivity index (χ2n) is 3.59. The summed E-state index contributed by atoms with van der Waals surface area (Å²) in [4.78, 5) is 3.87. The van der Waals surface area contributed by atoms with Crippen molar-refractivity contribution in [1.29, 1.82) is 5.26 Å². The first-order chi connectivity index (χ1) is 6.79. The molecule has 1 aliphatic carbocycles. The molecule has 14 heavy (non-hydrogen) atoms. The van der Waals surface area contributed by atoms with Crippen molar-refractivity contribution >= 4 is 11.5 Å². The number of nitrogens with zero attached hydrogens (tertiary/aromatic N) is 2. The number of nitrogens with two attached hydrogens (primary N) is 1. The third kappa shape index (κ3) is 1.94. The maximum atomic E-state index is 8.82. The lowest BCUT2D eigenvalue weighted by Crippen LogP contribution is -2.06. The van der Waals surface area contributed by atoms with E-state index in [1.54, 1.807) is 6.07 Å². The Bertz CT molecular complexity index is 376. The van der Waals surface area contributed by atoms with E-state index in [2.05, 4.69) is 16.4 Å². The van der Waals surface area contributed by atoms with Gasteiger partial charge in [-0.1, -0.05) is 0 Å². The summed E-state index contributed by atoms with van der Waals surface area (Å²) >= 11 is 0. The highest BCUT2D eigenvalue weighted by Gasteiger charge is 2.21. The number of aromatic nitrogens is 1. The lowest BCUT2D eigenvalue weighted by atomic mass is 10.2. The van der Waals surface area contributed by atoms with Gasteiger partial charge in [0.15, 0.2) is 0 Å². The van der Waals surface area contributed by atoms with Gasteiger partial charge in [-0.3, -0.25) is 0 Å². The molecule has 1 aliphatic rings. The van der Waals surface area contributed by atoms with Gasteiger partial charge in [-0.15, -0.1) is 0 Å². The Balaban J connectivity index is 2.12. The molecule has 1 aromatic rings. The smallest absolute Gasteiger partial charge is 0.125 e. The molecular formula is C10H12N4. The van der Waals surface area contributed by atoms with Crippen molar-refractivity contribution in [3.63, 3.8) is 0 Å². The van der Waals surface area contributed by atoms with Gasteiger partial charge in [0.2, 0.25) is 0 Å². The molecule has 1 fully saturated rings. The lowest BCUT2D eigenvalue weighted by molar-refractivity contribution is 0.888. The Hall–Kier alpha value is -1.76.